The molecule has 1 heterocycles. The lowest BCUT2D eigenvalue weighted by Gasteiger charge is -2.03. The summed E-state index contributed by atoms with van der Waals surface area (Å²) in [4.78, 5) is 4.23. The molecule has 0 radical (unpaired) electrons. The quantitative estimate of drug-likeness (QED) is 0.692. The Bertz CT molecular complexity index is 284. The number of rotatable bonds is 8. The smallest absolute Gasteiger partial charge is 0.393 e. The van der Waals surface area contributed by atoms with E-state index >= 15 is 0 Å². The van der Waals surface area contributed by atoms with Crippen LogP contribution in [0.1, 0.15) is 39.3 Å². The predicted molar refractivity (Wildman–Crippen MR) is 63.5 cm³/mol. The van der Waals surface area contributed by atoms with Gasteiger partial charge in [-0.3, -0.25) is 0 Å². The van der Waals surface area contributed by atoms with Gasteiger partial charge < -0.3 is 14.5 Å². The van der Waals surface area contributed by atoms with Gasteiger partial charge in [0.25, 0.3) is 0 Å². The summed E-state index contributed by atoms with van der Waals surface area (Å²) in [6.45, 7) is 8.87. The van der Waals surface area contributed by atoms with Gasteiger partial charge in [-0.2, -0.15) is 4.98 Å². The fourth-order valence-corrected chi connectivity index (χ4v) is 1.21. The van der Waals surface area contributed by atoms with Crippen LogP contribution in [0, 0.1) is 5.92 Å². The number of nitrogens with one attached hydrogen (secondary N) is 1. The number of hydrogen-bond donors (Lipinski definition) is 1. The second kappa shape index (κ2) is 7.28. The summed E-state index contributed by atoms with van der Waals surface area (Å²) >= 11 is 0. The lowest BCUT2D eigenvalue weighted by Crippen LogP contribution is -2.13. The van der Waals surface area contributed by atoms with E-state index in [1.54, 1.807) is 6.26 Å². The first-order valence-electron chi connectivity index (χ1n) is 6.00. The van der Waals surface area contributed by atoms with Gasteiger partial charge in [-0.05, 0) is 25.3 Å². The molecule has 0 bridgehead atoms. The van der Waals surface area contributed by atoms with E-state index in [-0.39, 0.29) is 0 Å². The first-order valence-corrected chi connectivity index (χ1v) is 6.00. The van der Waals surface area contributed by atoms with Crippen LogP contribution in [0.4, 0.5) is 0 Å². The number of nitrogens with zero attached hydrogens (tertiary/aromatic N) is 1. The molecule has 0 saturated heterocycles. The fourth-order valence-electron chi connectivity index (χ4n) is 1.21. The Morgan fingerprint density at radius 2 is 2.31 bits per heavy atom. The van der Waals surface area contributed by atoms with Crippen molar-refractivity contribution in [2.24, 2.45) is 5.92 Å². The van der Waals surface area contributed by atoms with E-state index in [4.69, 9.17) is 9.15 Å². The molecule has 0 aliphatic rings. The van der Waals surface area contributed by atoms with Gasteiger partial charge in [-0.25, -0.2) is 0 Å². The third-order valence-electron chi connectivity index (χ3n) is 2.18. The van der Waals surface area contributed by atoms with Crippen molar-refractivity contribution in [3.8, 4) is 6.08 Å². The van der Waals surface area contributed by atoms with Crippen LogP contribution in [0.5, 0.6) is 6.08 Å². The molecule has 1 aromatic heterocycles. The van der Waals surface area contributed by atoms with Crippen LogP contribution in [0.15, 0.2) is 10.7 Å². The molecular weight excluding hydrogens is 204 g/mol. The van der Waals surface area contributed by atoms with Crippen LogP contribution >= 0.6 is 0 Å². The SMILES string of the molecule is CCCNCc1coc(OCCC(C)C)n1. The maximum absolute atomic E-state index is 5.40. The average molecular weight is 226 g/mol. The van der Waals surface area contributed by atoms with Gasteiger partial charge in [0.1, 0.15) is 6.26 Å². The Hall–Kier alpha value is -1.03. The Morgan fingerprint density at radius 1 is 1.50 bits per heavy atom. The third-order valence-corrected chi connectivity index (χ3v) is 2.18. The highest BCUT2D eigenvalue weighted by Crippen LogP contribution is 2.11. The second-order valence-electron chi connectivity index (χ2n) is 4.31. The summed E-state index contributed by atoms with van der Waals surface area (Å²) in [5.74, 6) is 0.639. The lowest BCUT2D eigenvalue weighted by molar-refractivity contribution is 0.216. The van der Waals surface area contributed by atoms with Crippen LogP contribution in [0.2, 0.25) is 0 Å². The van der Waals surface area contributed by atoms with Crippen molar-refractivity contribution in [3.05, 3.63) is 12.0 Å². The first kappa shape index (κ1) is 13.0. The molecule has 4 nitrogen and oxygen atoms in total. The second-order valence-corrected chi connectivity index (χ2v) is 4.31. The molecule has 0 atom stereocenters. The molecule has 0 aromatic carbocycles. The van der Waals surface area contributed by atoms with Crippen molar-refractivity contribution < 1.29 is 9.15 Å². The molecule has 0 spiro atoms. The van der Waals surface area contributed by atoms with Crippen LogP contribution in [-0.2, 0) is 6.54 Å². The number of oxazole rings is 1. The fraction of sp³-hybridized carbons (Fsp3) is 0.750. The maximum atomic E-state index is 5.40. The zero-order valence-corrected chi connectivity index (χ0v) is 10.5. The van der Waals surface area contributed by atoms with Crippen molar-refractivity contribution >= 4 is 0 Å². The van der Waals surface area contributed by atoms with Gasteiger partial charge >= 0.3 is 6.08 Å². The van der Waals surface area contributed by atoms with E-state index in [1.807, 2.05) is 0 Å². The molecule has 0 aliphatic heterocycles. The summed E-state index contributed by atoms with van der Waals surface area (Å²) < 4.78 is 10.6. The predicted octanol–water partition coefficient (Wildman–Crippen LogP) is 2.60. The molecule has 0 aliphatic carbocycles. The van der Waals surface area contributed by atoms with Gasteiger partial charge in [-0.1, -0.05) is 20.8 Å². The van der Waals surface area contributed by atoms with Crippen molar-refractivity contribution in [2.45, 2.75) is 40.2 Å². The molecule has 0 saturated carbocycles. The molecule has 0 unspecified atom stereocenters. The molecule has 1 N–H and O–H groups in total. The Morgan fingerprint density at radius 3 is 3.00 bits per heavy atom. The summed E-state index contributed by atoms with van der Waals surface area (Å²) in [6.07, 6.45) is 4.17. The first-order chi connectivity index (χ1) is 7.72. The monoisotopic (exact) mass is 226 g/mol. The van der Waals surface area contributed by atoms with E-state index in [0.717, 1.165) is 31.6 Å². The minimum absolute atomic E-state index is 0.383. The van der Waals surface area contributed by atoms with Gasteiger partial charge in [-0.15, -0.1) is 0 Å². The summed E-state index contributed by atoms with van der Waals surface area (Å²) in [5, 5.41) is 3.26. The summed E-state index contributed by atoms with van der Waals surface area (Å²) in [7, 11) is 0. The number of ether oxygens (including phenoxy) is 1. The van der Waals surface area contributed by atoms with Crippen molar-refractivity contribution in [1.29, 1.82) is 0 Å². The van der Waals surface area contributed by atoms with E-state index in [9.17, 15) is 0 Å². The van der Waals surface area contributed by atoms with Crippen LogP contribution in [0.25, 0.3) is 0 Å². The zero-order valence-electron chi connectivity index (χ0n) is 10.5. The minimum atomic E-state index is 0.383. The normalized spacial score (nSPS) is 11.0. The van der Waals surface area contributed by atoms with E-state index in [1.165, 1.54) is 0 Å². The Labute approximate surface area is 97.4 Å². The lowest BCUT2D eigenvalue weighted by atomic mass is 10.1. The summed E-state index contributed by atoms with van der Waals surface area (Å²) in [6, 6.07) is 0. The molecule has 1 aromatic rings. The standard InChI is InChI=1S/C12H22N2O2/c1-4-6-13-8-11-9-16-12(14-11)15-7-5-10(2)3/h9-10,13H,4-8H2,1-3H3. The van der Waals surface area contributed by atoms with Crippen LogP contribution in [0.3, 0.4) is 0 Å². The number of aromatic nitrogens is 1. The van der Waals surface area contributed by atoms with Crippen molar-refractivity contribution in [3.63, 3.8) is 0 Å². The number of hydrogen-bond acceptors (Lipinski definition) is 4. The molecule has 0 amide bonds. The average Bonchev–Trinajstić information content (AvgIpc) is 2.66. The van der Waals surface area contributed by atoms with E-state index < -0.39 is 0 Å². The van der Waals surface area contributed by atoms with Crippen molar-refractivity contribution in [2.75, 3.05) is 13.2 Å². The molecule has 1 rings (SSSR count). The topological polar surface area (TPSA) is 47.3 Å². The molecular formula is C12H22N2O2. The van der Waals surface area contributed by atoms with Gasteiger partial charge in [0.2, 0.25) is 0 Å². The highest BCUT2D eigenvalue weighted by molar-refractivity contribution is 4.99. The highest BCUT2D eigenvalue weighted by atomic mass is 16.6. The van der Waals surface area contributed by atoms with Gasteiger partial charge in [0.05, 0.1) is 12.3 Å². The van der Waals surface area contributed by atoms with E-state index in [0.29, 0.717) is 18.6 Å². The molecule has 16 heavy (non-hydrogen) atoms. The maximum Gasteiger partial charge on any atom is 0.393 e. The van der Waals surface area contributed by atoms with Crippen LogP contribution < -0.4 is 10.1 Å². The Balaban J connectivity index is 2.22. The van der Waals surface area contributed by atoms with E-state index in [2.05, 4.69) is 31.1 Å². The molecule has 92 valence electrons. The minimum Gasteiger partial charge on any atom is -0.450 e. The largest absolute Gasteiger partial charge is 0.450 e. The molecule has 0 fully saturated rings. The Kier molecular flexibility index (Phi) is 5.93. The summed E-state index contributed by atoms with van der Waals surface area (Å²) in [5.41, 5.74) is 0.896. The van der Waals surface area contributed by atoms with Crippen LogP contribution in [-0.4, -0.2) is 18.1 Å². The van der Waals surface area contributed by atoms with Crippen molar-refractivity contribution in [1.82, 2.24) is 10.3 Å². The zero-order chi connectivity index (χ0) is 11.8. The van der Waals surface area contributed by atoms with Gasteiger partial charge in [0.15, 0.2) is 0 Å². The van der Waals surface area contributed by atoms with Gasteiger partial charge in [0, 0.05) is 6.54 Å². The third kappa shape index (κ3) is 5.16. The molecule has 4 heteroatoms. The highest BCUT2D eigenvalue weighted by Gasteiger charge is 2.04.